The third kappa shape index (κ3) is 4.67. The zero-order valence-electron chi connectivity index (χ0n) is 15.0. The lowest BCUT2D eigenvalue weighted by atomic mass is 10.0. The predicted octanol–water partition coefficient (Wildman–Crippen LogP) is 3.83. The highest BCUT2D eigenvalue weighted by Gasteiger charge is 2.38. The zero-order valence-corrected chi connectivity index (χ0v) is 17.4. The van der Waals surface area contributed by atoms with E-state index in [1.165, 1.54) is 17.1 Å². The smallest absolute Gasteiger partial charge is 0.243 e. The third-order valence-corrected chi connectivity index (χ3v) is 7.83. The van der Waals surface area contributed by atoms with Gasteiger partial charge >= 0.3 is 0 Å². The van der Waals surface area contributed by atoms with E-state index in [0.717, 1.165) is 43.0 Å². The minimum Gasteiger partial charge on any atom is -0.352 e. The van der Waals surface area contributed by atoms with Crippen LogP contribution in [0.2, 0.25) is 0 Å². The maximum atomic E-state index is 13.1. The van der Waals surface area contributed by atoms with Gasteiger partial charge in [-0.2, -0.15) is 4.31 Å². The summed E-state index contributed by atoms with van der Waals surface area (Å²) in [4.78, 5) is 13.1. The molecule has 1 N–H and O–H groups in total. The highest BCUT2D eigenvalue weighted by atomic mass is 79.9. The average molecular weight is 443 g/mol. The second kappa shape index (κ2) is 8.85. The molecule has 0 bridgehead atoms. The number of nitrogens with one attached hydrogen (secondary N) is 1. The van der Waals surface area contributed by atoms with Crippen LogP contribution < -0.4 is 5.32 Å². The van der Waals surface area contributed by atoms with Crippen molar-refractivity contribution >= 4 is 31.9 Å². The molecule has 7 heteroatoms. The van der Waals surface area contributed by atoms with Gasteiger partial charge in [0.2, 0.25) is 15.9 Å². The predicted molar refractivity (Wildman–Crippen MR) is 105 cm³/mol. The van der Waals surface area contributed by atoms with E-state index in [1.54, 1.807) is 24.3 Å². The molecule has 1 aromatic carbocycles. The number of nitrogens with zero attached hydrogens (tertiary/aromatic N) is 1. The monoisotopic (exact) mass is 442 g/mol. The largest absolute Gasteiger partial charge is 0.352 e. The molecule has 1 aromatic rings. The van der Waals surface area contributed by atoms with Crippen LogP contribution in [0.4, 0.5) is 0 Å². The van der Waals surface area contributed by atoms with Gasteiger partial charge in [-0.15, -0.1) is 0 Å². The quantitative estimate of drug-likeness (QED) is 0.720. The second-order valence-corrected chi connectivity index (χ2v) is 10.1. The third-order valence-electron chi connectivity index (χ3n) is 5.38. The average Bonchev–Trinajstić information content (AvgIpc) is 2.91. The summed E-state index contributed by atoms with van der Waals surface area (Å²) >= 11 is 3.33. The molecule has 1 saturated heterocycles. The van der Waals surface area contributed by atoms with E-state index in [2.05, 4.69) is 21.2 Å². The number of halogens is 1. The summed E-state index contributed by atoms with van der Waals surface area (Å²) in [5.74, 6) is -0.128. The molecule has 26 heavy (non-hydrogen) atoms. The van der Waals surface area contributed by atoms with Crippen molar-refractivity contribution in [2.24, 2.45) is 0 Å². The Hall–Kier alpha value is -0.920. The normalized spacial score (nSPS) is 23.3. The molecule has 0 radical (unpaired) electrons. The van der Waals surface area contributed by atoms with Crippen molar-refractivity contribution in [3.8, 4) is 0 Å². The summed E-state index contributed by atoms with van der Waals surface area (Å²) in [5, 5.41) is 3.14. The van der Waals surface area contributed by atoms with Crippen LogP contribution >= 0.6 is 15.9 Å². The van der Waals surface area contributed by atoms with E-state index in [0.29, 0.717) is 13.0 Å². The van der Waals surface area contributed by atoms with Gasteiger partial charge in [0.25, 0.3) is 0 Å². The van der Waals surface area contributed by atoms with Crippen LogP contribution in [-0.2, 0) is 14.8 Å². The highest BCUT2D eigenvalue weighted by molar-refractivity contribution is 9.10. The molecule has 1 aliphatic heterocycles. The van der Waals surface area contributed by atoms with Gasteiger partial charge in [0.15, 0.2) is 0 Å². The summed E-state index contributed by atoms with van der Waals surface area (Å²) in [7, 11) is -3.67. The summed E-state index contributed by atoms with van der Waals surface area (Å²) in [6, 6.07) is 6.21. The molecule has 144 valence electrons. The second-order valence-electron chi connectivity index (χ2n) is 7.28. The van der Waals surface area contributed by atoms with Crippen LogP contribution in [0.5, 0.6) is 0 Å². The Balaban J connectivity index is 1.76. The number of sulfonamides is 1. The van der Waals surface area contributed by atoms with Crippen LogP contribution in [0, 0.1) is 0 Å². The standard InChI is InChI=1S/C19H27BrN2O3S/c20-15-10-12-17(13-11-15)26(24,25)22-14-6-5-9-18(22)19(23)21-16-7-3-1-2-4-8-16/h10-13,16,18H,1-9,14H2,(H,21,23)/t18-/m1/s1. The molecule has 1 atom stereocenters. The van der Waals surface area contributed by atoms with Crippen molar-refractivity contribution in [1.82, 2.24) is 9.62 Å². The number of rotatable bonds is 4. The van der Waals surface area contributed by atoms with Gasteiger partial charge < -0.3 is 5.32 Å². The van der Waals surface area contributed by atoms with Crippen LogP contribution in [-0.4, -0.2) is 37.3 Å². The van der Waals surface area contributed by atoms with Gasteiger partial charge in [-0.1, -0.05) is 48.0 Å². The van der Waals surface area contributed by atoms with Crippen molar-refractivity contribution < 1.29 is 13.2 Å². The Labute approximate surface area is 164 Å². The molecule has 2 fully saturated rings. The van der Waals surface area contributed by atoms with E-state index in [-0.39, 0.29) is 16.8 Å². The maximum absolute atomic E-state index is 13.1. The molecular weight excluding hydrogens is 416 g/mol. The maximum Gasteiger partial charge on any atom is 0.243 e. The molecule has 1 heterocycles. The van der Waals surface area contributed by atoms with Gasteiger partial charge in [-0.25, -0.2) is 8.42 Å². The number of carbonyl (C=O) groups is 1. The number of benzene rings is 1. The highest BCUT2D eigenvalue weighted by Crippen LogP contribution is 2.27. The van der Waals surface area contributed by atoms with Crippen LogP contribution in [0.3, 0.4) is 0 Å². The molecule has 2 aliphatic rings. The van der Waals surface area contributed by atoms with Crippen molar-refractivity contribution in [3.63, 3.8) is 0 Å². The molecule has 0 unspecified atom stereocenters. The SMILES string of the molecule is O=C(NC1CCCCCC1)[C@H]1CCCCN1S(=O)(=O)c1ccc(Br)cc1. The minimum atomic E-state index is -3.67. The molecule has 0 spiro atoms. The van der Waals surface area contributed by atoms with Gasteiger partial charge in [0.05, 0.1) is 4.90 Å². The Morgan fingerprint density at radius 3 is 2.23 bits per heavy atom. The number of amides is 1. The Bertz CT molecular complexity index is 713. The Morgan fingerprint density at radius 1 is 0.962 bits per heavy atom. The number of piperidine rings is 1. The van der Waals surface area contributed by atoms with Crippen molar-refractivity contribution in [1.29, 1.82) is 0 Å². The summed E-state index contributed by atoms with van der Waals surface area (Å²) < 4.78 is 28.4. The number of hydrogen-bond acceptors (Lipinski definition) is 3. The van der Waals surface area contributed by atoms with E-state index in [9.17, 15) is 13.2 Å². The molecule has 0 aromatic heterocycles. The van der Waals surface area contributed by atoms with Gasteiger partial charge in [-0.05, 0) is 49.9 Å². The van der Waals surface area contributed by atoms with E-state index in [4.69, 9.17) is 0 Å². The van der Waals surface area contributed by atoms with Crippen molar-refractivity contribution in [3.05, 3.63) is 28.7 Å². The lowest BCUT2D eigenvalue weighted by Gasteiger charge is -2.34. The lowest BCUT2D eigenvalue weighted by molar-refractivity contribution is -0.126. The van der Waals surface area contributed by atoms with Crippen LogP contribution in [0.25, 0.3) is 0 Å². The molecule has 3 rings (SSSR count). The zero-order chi connectivity index (χ0) is 18.6. The van der Waals surface area contributed by atoms with E-state index >= 15 is 0 Å². The van der Waals surface area contributed by atoms with Crippen molar-refractivity contribution in [2.45, 2.75) is 74.8 Å². The van der Waals surface area contributed by atoms with Gasteiger partial charge in [-0.3, -0.25) is 4.79 Å². The van der Waals surface area contributed by atoms with Crippen molar-refractivity contribution in [2.75, 3.05) is 6.54 Å². The molecule has 5 nitrogen and oxygen atoms in total. The minimum absolute atomic E-state index is 0.128. The first kappa shape index (κ1) is 19.8. The first-order valence-corrected chi connectivity index (χ1v) is 11.8. The van der Waals surface area contributed by atoms with Gasteiger partial charge in [0, 0.05) is 17.1 Å². The number of hydrogen-bond donors (Lipinski definition) is 1. The summed E-state index contributed by atoms with van der Waals surface area (Å²) in [6.07, 6.45) is 8.98. The molecular formula is C19H27BrN2O3S. The fourth-order valence-electron chi connectivity index (χ4n) is 3.92. The van der Waals surface area contributed by atoms with Crippen LogP contribution in [0.1, 0.15) is 57.8 Å². The fraction of sp³-hybridized carbons (Fsp3) is 0.632. The summed E-state index contributed by atoms with van der Waals surface area (Å²) in [5.41, 5.74) is 0. The Morgan fingerprint density at radius 2 is 1.58 bits per heavy atom. The molecule has 1 aliphatic carbocycles. The first-order chi connectivity index (χ1) is 12.5. The Kier molecular flexibility index (Phi) is 6.75. The van der Waals surface area contributed by atoms with E-state index in [1.807, 2.05) is 0 Å². The van der Waals surface area contributed by atoms with Crippen LogP contribution in [0.15, 0.2) is 33.6 Å². The summed E-state index contributed by atoms with van der Waals surface area (Å²) in [6.45, 7) is 0.404. The topological polar surface area (TPSA) is 66.5 Å². The molecule has 1 amide bonds. The lowest BCUT2D eigenvalue weighted by Crippen LogP contribution is -2.53. The van der Waals surface area contributed by atoms with Gasteiger partial charge in [0.1, 0.15) is 6.04 Å². The molecule has 1 saturated carbocycles. The first-order valence-electron chi connectivity index (χ1n) is 9.56. The number of carbonyl (C=O) groups excluding carboxylic acids is 1. The van der Waals surface area contributed by atoms with E-state index < -0.39 is 16.1 Å². The fourth-order valence-corrected chi connectivity index (χ4v) is 5.84.